The molecule has 1 aliphatic rings. The van der Waals surface area contributed by atoms with Crippen LogP contribution in [0.3, 0.4) is 0 Å². The van der Waals surface area contributed by atoms with E-state index in [4.69, 9.17) is 0 Å². The zero-order valence-corrected chi connectivity index (χ0v) is 12.3. The molecule has 0 aromatic heterocycles. The summed E-state index contributed by atoms with van der Waals surface area (Å²) in [4.78, 5) is 0.562. The first-order chi connectivity index (χ1) is 8.33. The number of nitrogens with one attached hydrogen (secondary N) is 1. The molecule has 0 aliphatic carbocycles. The van der Waals surface area contributed by atoms with Gasteiger partial charge in [-0.2, -0.15) is 0 Å². The van der Waals surface area contributed by atoms with Gasteiger partial charge in [0.05, 0.1) is 10.6 Å². The average molecular weight is 267 g/mol. The van der Waals surface area contributed by atoms with Crippen LogP contribution in [0.4, 0.5) is 0 Å². The van der Waals surface area contributed by atoms with E-state index in [9.17, 15) is 8.42 Å². The molecule has 0 fully saturated rings. The first-order valence-corrected chi connectivity index (χ1v) is 8.07. The van der Waals surface area contributed by atoms with Gasteiger partial charge in [0, 0.05) is 12.1 Å². The van der Waals surface area contributed by atoms with Gasteiger partial charge in [0.1, 0.15) is 0 Å². The highest BCUT2D eigenvalue weighted by Gasteiger charge is 2.32. The molecule has 2 rings (SSSR count). The largest absolute Gasteiger partial charge is 0.308 e. The van der Waals surface area contributed by atoms with E-state index >= 15 is 0 Å². The number of sulfone groups is 1. The second kappa shape index (κ2) is 4.67. The Balaban J connectivity index is 2.62. The summed E-state index contributed by atoms with van der Waals surface area (Å²) in [5.74, 6) is 0.245. The minimum absolute atomic E-state index is 0.156. The summed E-state index contributed by atoms with van der Waals surface area (Å²) < 4.78 is 24.5. The summed E-state index contributed by atoms with van der Waals surface area (Å²) in [6, 6.07) is 4.43. The fourth-order valence-corrected chi connectivity index (χ4v) is 4.69. The Labute approximate surface area is 110 Å². The molecule has 18 heavy (non-hydrogen) atoms. The molecule has 1 aromatic carbocycles. The van der Waals surface area contributed by atoms with Crippen molar-refractivity contribution >= 4 is 9.84 Å². The van der Waals surface area contributed by atoms with Crippen LogP contribution in [-0.4, -0.2) is 20.2 Å². The van der Waals surface area contributed by atoms with Crippen molar-refractivity contribution in [2.75, 3.05) is 5.75 Å². The van der Waals surface area contributed by atoms with Gasteiger partial charge >= 0.3 is 0 Å². The van der Waals surface area contributed by atoms with Crippen molar-refractivity contribution in [3.8, 4) is 0 Å². The average Bonchev–Trinajstić information content (AvgIpc) is 2.25. The molecule has 0 saturated heterocycles. The zero-order valence-electron chi connectivity index (χ0n) is 11.4. The van der Waals surface area contributed by atoms with Gasteiger partial charge in [0.2, 0.25) is 0 Å². The fourth-order valence-electron chi connectivity index (χ4n) is 2.74. The molecule has 1 aromatic rings. The number of fused-ring (bicyclic) bond motifs is 1. The van der Waals surface area contributed by atoms with Crippen LogP contribution in [0, 0.1) is 13.8 Å². The van der Waals surface area contributed by atoms with E-state index in [-0.39, 0.29) is 11.8 Å². The minimum atomic E-state index is -3.10. The maximum Gasteiger partial charge on any atom is 0.179 e. The summed E-state index contributed by atoms with van der Waals surface area (Å²) in [6.45, 7) is 8.06. The van der Waals surface area contributed by atoms with Gasteiger partial charge in [0.25, 0.3) is 0 Å². The van der Waals surface area contributed by atoms with Gasteiger partial charge in [-0.15, -0.1) is 0 Å². The smallest absolute Gasteiger partial charge is 0.179 e. The van der Waals surface area contributed by atoms with Crippen LogP contribution in [-0.2, 0) is 9.84 Å². The van der Waals surface area contributed by atoms with Gasteiger partial charge in [-0.25, -0.2) is 8.42 Å². The molecule has 1 N–H and O–H groups in total. The first-order valence-electron chi connectivity index (χ1n) is 6.42. The lowest BCUT2D eigenvalue weighted by Gasteiger charge is -2.30. The van der Waals surface area contributed by atoms with E-state index in [0.29, 0.717) is 17.4 Å². The van der Waals surface area contributed by atoms with Gasteiger partial charge in [0.15, 0.2) is 9.84 Å². The molecular weight excluding hydrogens is 246 g/mol. The van der Waals surface area contributed by atoms with Crippen LogP contribution in [0.2, 0.25) is 0 Å². The third-order valence-electron chi connectivity index (χ3n) is 3.48. The highest BCUT2D eigenvalue weighted by molar-refractivity contribution is 7.91. The van der Waals surface area contributed by atoms with Crippen molar-refractivity contribution in [1.29, 1.82) is 0 Å². The Morgan fingerprint density at radius 3 is 2.44 bits per heavy atom. The van der Waals surface area contributed by atoms with Gasteiger partial charge in [-0.3, -0.25) is 0 Å². The van der Waals surface area contributed by atoms with Crippen molar-refractivity contribution in [2.45, 2.75) is 51.1 Å². The predicted octanol–water partition coefficient (Wildman–Crippen LogP) is 2.52. The van der Waals surface area contributed by atoms with Crippen molar-refractivity contribution in [2.24, 2.45) is 0 Å². The summed E-state index contributed by atoms with van der Waals surface area (Å²) >= 11 is 0. The third kappa shape index (κ3) is 2.31. The molecular formula is C14H21NO2S. The van der Waals surface area contributed by atoms with Crippen LogP contribution in [0.25, 0.3) is 0 Å². The van der Waals surface area contributed by atoms with E-state index in [1.54, 1.807) is 0 Å². The molecule has 1 atom stereocenters. The Morgan fingerprint density at radius 1 is 1.22 bits per heavy atom. The second-order valence-electron chi connectivity index (χ2n) is 5.42. The van der Waals surface area contributed by atoms with Gasteiger partial charge < -0.3 is 5.32 Å². The highest BCUT2D eigenvalue weighted by Crippen LogP contribution is 2.36. The molecule has 0 radical (unpaired) electrons. The molecule has 1 aliphatic heterocycles. The minimum Gasteiger partial charge on any atom is -0.308 e. The SMILES string of the molecule is Cc1ccc(C)c2c1C(NC(C)C)CCS2(=O)=O. The molecule has 0 spiro atoms. The fraction of sp³-hybridized carbons (Fsp3) is 0.571. The standard InChI is InChI=1S/C14H21NO2S/c1-9(2)15-12-7-8-18(16,17)14-11(4)6-5-10(3)13(12)14/h5-6,9,12,15H,7-8H2,1-4H3. The van der Waals surface area contributed by atoms with Crippen LogP contribution >= 0.6 is 0 Å². The number of hydrogen-bond acceptors (Lipinski definition) is 3. The van der Waals surface area contributed by atoms with E-state index in [1.807, 2.05) is 26.0 Å². The quantitative estimate of drug-likeness (QED) is 0.895. The summed E-state index contributed by atoms with van der Waals surface area (Å²) in [6.07, 6.45) is 0.664. The Kier molecular flexibility index (Phi) is 3.52. The Morgan fingerprint density at radius 2 is 1.83 bits per heavy atom. The summed E-state index contributed by atoms with van der Waals surface area (Å²) in [5, 5.41) is 3.48. The maximum absolute atomic E-state index is 12.2. The number of rotatable bonds is 2. The lowest BCUT2D eigenvalue weighted by Crippen LogP contribution is -2.34. The second-order valence-corrected chi connectivity index (χ2v) is 7.47. The lowest BCUT2D eigenvalue weighted by atomic mass is 9.96. The normalized spacial score (nSPS) is 21.9. The summed E-state index contributed by atoms with van der Waals surface area (Å²) in [7, 11) is -3.10. The number of hydrogen-bond donors (Lipinski definition) is 1. The lowest BCUT2D eigenvalue weighted by molar-refractivity contribution is 0.447. The third-order valence-corrected chi connectivity index (χ3v) is 5.42. The van der Waals surface area contributed by atoms with Crippen LogP contribution < -0.4 is 5.32 Å². The molecule has 0 saturated carbocycles. The Hall–Kier alpha value is -0.870. The van der Waals surface area contributed by atoms with Gasteiger partial charge in [-0.05, 0) is 37.0 Å². The maximum atomic E-state index is 12.2. The molecule has 1 heterocycles. The van der Waals surface area contributed by atoms with Crippen LogP contribution in [0.1, 0.15) is 43.0 Å². The predicted molar refractivity (Wildman–Crippen MR) is 73.6 cm³/mol. The molecule has 4 heteroatoms. The van der Waals surface area contributed by atoms with E-state index < -0.39 is 9.84 Å². The number of benzene rings is 1. The van der Waals surface area contributed by atoms with Crippen LogP contribution in [0.15, 0.2) is 17.0 Å². The Bertz CT molecular complexity index is 561. The first kappa shape index (κ1) is 13.6. The molecule has 0 amide bonds. The van der Waals surface area contributed by atoms with Gasteiger partial charge in [-0.1, -0.05) is 26.0 Å². The van der Waals surface area contributed by atoms with Crippen molar-refractivity contribution in [3.63, 3.8) is 0 Å². The highest BCUT2D eigenvalue weighted by atomic mass is 32.2. The van der Waals surface area contributed by atoms with Crippen molar-refractivity contribution in [1.82, 2.24) is 5.32 Å². The number of aryl methyl sites for hydroxylation is 2. The van der Waals surface area contributed by atoms with Crippen molar-refractivity contribution in [3.05, 3.63) is 28.8 Å². The molecule has 1 unspecified atom stereocenters. The molecule has 100 valence electrons. The zero-order chi connectivity index (χ0) is 13.5. The monoisotopic (exact) mass is 267 g/mol. The van der Waals surface area contributed by atoms with E-state index in [0.717, 1.165) is 16.7 Å². The molecule has 3 nitrogen and oxygen atoms in total. The topological polar surface area (TPSA) is 46.2 Å². The summed E-state index contributed by atoms with van der Waals surface area (Å²) in [5.41, 5.74) is 2.91. The van der Waals surface area contributed by atoms with Crippen LogP contribution in [0.5, 0.6) is 0 Å². The van der Waals surface area contributed by atoms with Crippen molar-refractivity contribution < 1.29 is 8.42 Å². The van der Waals surface area contributed by atoms with E-state index in [2.05, 4.69) is 19.2 Å². The molecule has 0 bridgehead atoms. The van der Waals surface area contributed by atoms with E-state index in [1.165, 1.54) is 0 Å².